The fourth-order valence-electron chi connectivity index (χ4n) is 5.88. The number of nitrogens with one attached hydrogen (secondary N) is 2. The van der Waals surface area contributed by atoms with Crippen molar-refractivity contribution in [3.8, 4) is 28.6 Å². The molecule has 3 aromatic carbocycles. The molecular formula is C31H23F4N3O4. The largest absolute Gasteiger partial charge is 0.493 e. The summed E-state index contributed by atoms with van der Waals surface area (Å²) in [5.74, 6) is -6.20. The van der Waals surface area contributed by atoms with Gasteiger partial charge in [0, 0.05) is 40.4 Å². The zero-order valence-corrected chi connectivity index (χ0v) is 22.1. The molecule has 0 radical (unpaired) electrons. The maximum Gasteiger partial charge on any atom is 0.307 e. The van der Waals surface area contributed by atoms with Gasteiger partial charge in [0.25, 0.3) is 0 Å². The number of fused-ring (bicyclic) bond motifs is 2. The molecule has 0 spiro atoms. The van der Waals surface area contributed by atoms with Crippen molar-refractivity contribution in [2.24, 2.45) is 5.92 Å². The Morgan fingerprint density at radius 1 is 1.12 bits per heavy atom. The molecule has 42 heavy (non-hydrogen) atoms. The lowest BCUT2D eigenvalue weighted by Crippen LogP contribution is -2.32. The zero-order valence-electron chi connectivity index (χ0n) is 22.1. The van der Waals surface area contributed by atoms with E-state index in [0.29, 0.717) is 30.9 Å². The normalized spacial score (nSPS) is 21.2. The Balaban J connectivity index is 1.23. The molecule has 1 aliphatic heterocycles. The first-order chi connectivity index (χ1) is 20.2. The van der Waals surface area contributed by atoms with Gasteiger partial charge in [0.2, 0.25) is 11.6 Å². The van der Waals surface area contributed by atoms with Gasteiger partial charge in [-0.15, -0.1) is 0 Å². The predicted octanol–water partition coefficient (Wildman–Crippen LogP) is 7.18. The number of imidazole rings is 1. The summed E-state index contributed by atoms with van der Waals surface area (Å²) >= 11 is 0. The van der Waals surface area contributed by atoms with Crippen LogP contribution in [0, 0.1) is 29.2 Å². The summed E-state index contributed by atoms with van der Waals surface area (Å²) in [7, 11) is 0. The number of aliphatic carboxylic acids is 1. The molecule has 1 saturated carbocycles. The molecule has 3 atom stereocenters. The third-order valence-electron chi connectivity index (χ3n) is 8.37. The number of nitrogens with zero attached hydrogens (tertiary/aromatic N) is 1. The second-order valence-electron chi connectivity index (χ2n) is 10.9. The quantitative estimate of drug-likeness (QED) is 0.147. The van der Waals surface area contributed by atoms with Gasteiger partial charge < -0.3 is 24.5 Å². The SMILES string of the molecule is C[C@@]1(c2cnc(-c3cc(Oc4c(F)c(F)c5[nH]ccc5c4F)ccc3F)[nH]2)CCOc2c([C@H]3C[C@@H]3C(=O)O)cccc21. The molecule has 214 valence electrons. The smallest absolute Gasteiger partial charge is 0.307 e. The standard InChI is InChI=1S/C31H23F4N3O4/c1-31(8-10-41-27-15(3-2-4-20(27)31)17-12-18(17)30(39)40)22-13-37-29(38-22)19-11-14(5-6-21(19)32)42-28-23(33)16-7-9-36-26(16)24(34)25(28)35/h2-7,9,11,13,17-18,36H,8,10,12H2,1H3,(H,37,38)(H,39,40)/t17-,18+,31-/m1/s1. The van der Waals surface area contributed by atoms with Crippen molar-refractivity contribution in [2.45, 2.75) is 31.1 Å². The zero-order chi connectivity index (χ0) is 29.3. The van der Waals surface area contributed by atoms with Crippen molar-refractivity contribution in [1.82, 2.24) is 15.0 Å². The van der Waals surface area contributed by atoms with Gasteiger partial charge in [-0.2, -0.15) is 4.39 Å². The average molecular weight is 578 g/mol. The molecule has 5 aromatic rings. The van der Waals surface area contributed by atoms with E-state index in [1.54, 1.807) is 6.20 Å². The van der Waals surface area contributed by atoms with Crippen LogP contribution in [0.5, 0.6) is 17.2 Å². The van der Waals surface area contributed by atoms with Gasteiger partial charge in [-0.3, -0.25) is 4.79 Å². The van der Waals surface area contributed by atoms with Gasteiger partial charge >= 0.3 is 5.97 Å². The molecule has 3 N–H and O–H groups in total. The van der Waals surface area contributed by atoms with Crippen molar-refractivity contribution < 1.29 is 36.9 Å². The van der Waals surface area contributed by atoms with Crippen molar-refractivity contribution in [3.05, 3.63) is 94.9 Å². The molecule has 1 fully saturated rings. The van der Waals surface area contributed by atoms with Crippen LogP contribution in [-0.2, 0) is 10.2 Å². The number of halogens is 4. The molecule has 11 heteroatoms. The molecule has 7 nitrogen and oxygen atoms in total. The number of hydrogen-bond acceptors (Lipinski definition) is 4. The van der Waals surface area contributed by atoms with Crippen LogP contribution in [0.15, 0.2) is 54.9 Å². The Bertz CT molecular complexity index is 1900. The number of carboxylic acids is 1. The topological polar surface area (TPSA) is 100 Å². The highest BCUT2D eigenvalue weighted by Gasteiger charge is 2.47. The molecule has 0 saturated heterocycles. The fraction of sp³-hybridized carbons (Fsp3) is 0.226. The molecule has 7 rings (SSSR count). The van der Waals surface area contributed by atoms with Gasteiger partial charge in [0.15, 0.2) is 11.6 Å². The van der Waals surface area contributed by atoms with Crippen LogP contribution in [0.3, 0.4) is 0 Å². The van der Waals surface area contributed by atoms with E-state index >= 15 is 4.39 Å². The van der Waals surface area contributed by atoms with Gasteiger partial charge in [0.1, 0.15) is 23.1 Å². The molecule has 2 aromatic heterocycles. The van der Waals surface area contributed by atoms with Crippen LogP contribution < -0.4 is 9.47 Å². The molecule has 0 amide bonds. The first-order valence-electron chi connectivity index (χ1n) is 13.3. The molecular weight excluding hydrogens is 554 g/mol. The highest BCUT2D eigenvalue weighted by molar-refractivity contribution is 5.83. The highest BCUT2D eigenvalue weighted by Crippen LogP contribution is 2.54. The van der Waals surface area contributed by atoms with Crippen molar-refractivity contribution in [1.29, 1.82) is 0 Å². The van der Waals surface area contributed by atoms with Gasteiger partial charge in [0.05, 0.1) is 23.6 Å². The van der Waals surface area contributed by atoms with E-state index in [2.05, 4.69) is 15.0 Å². The van der Waals surface area contributed by atoms with E-state index < -0.39 is 46.3 Å². The number of H-pyrrole nitrogens is 2. The van der Waals surface area contributed by atoms with Crippen LogP contribution in [0.4, 0.5) is 17.6 Å². The lowest BCUT2D eigenvalue weighted by molar-refractivity contribution is -0.138. The Morgan fingerprint density at radius 2 is 1.95 bits per heavy atom. The highest BCUT2D eigenvalue weighted by atomic mass is 19.2. The predicted molar refractivity (Wildman–Crippen MR) is 144 cm³/mol. The number of benzene rings is 3. The first-order valence-corrected chi connectivity index (χ1v) is 13.3. The van der Waals surface area contributed by atoms with Crippen LogP contribution >= 0.6 is 0 Å². The molecule has 0 unspecified atom stereocenters. The van der Waals surface area contributed by atoms with E-state index in [-0.39, 0.29) is 34.0 Å². The van der Waals surface area contributed by atoms with Crippen LogP contribution in [0.2, 0.25) is 0 Å². The summed E-state index contributed by atoms with van der Waals surface area (Å²) in [4.78, 5) is 21.5. The number of rotatable bonds is 6. The Kier molecular flexibility index (Phi) is 5.83. The van der Waals surface area contributed by atoms with Gasteiger partial charge in [-0.25, -0.2) is 18.2 Å². The minimum Gasteiger partial charge on any atom is -0.493 e. The second-order valence-corrected chi connectivity index (χ2v) is 10.9. The van der Waals surface area contributed by atoms with Crippen LogP contribution in [0.1, 0.15) is 42.5 Å². The van der Waals surface area contributed by atoms with Crippen LogP contribution in [0.25, 0.3) is 22.3 Å². The average Bonchev–Trinajstić information content (AvgIpc) is 3.36. The fourth-order valence-corrected chi connectivity index (χ4v) is 5.88. The third-order valence-corrected chi connectivity index (χ3v) is 8.37. The number of carbonyl (C=O) groups is 1. The lowest BCUT2D eigenvalue weighted by Gasteiger charge is -2.36. The maximum atomic E-state index is 15.0. The molecule has 2 aliphatic rings. The molecule has 1 aliphatic carbocycles. The van der Waals surface area contributed by atoms with Gasteiger partial charge in [-0.05, 0) is 49.6 Å². The number of para-hydroxylation sites is 1. The molecule has 3 heterocycles. The third kappa shape index (κ3) is 3.94. The van der Waals surface area contributed by atoms with E-state index in [1.807, 2.05) is 25.1 Å². The van der Waals surface area contributed by atoms with Crippen molar-refractivity contribution >= 4 is 16.9 Å². The summed E-state index contributed by atoms with van der Waals surface area (Å²) in [6, 6.07) is 10.4. The minimum absolute atomic E-state index is 0.0188. The lowest BCUT2D eigenvalue weighted by atomic mass is 9.74. The summed E-state index contributed by atoms with van der Waals surface area (Å²) in [6.07, 6.45) is 4.00. The maximum absolute atomic E-state index is 15.0. The van der Waals surface area contributed by atoms with E-state index in [1.165, 1.54) is 24.4 Å². The first kappa shape index (κ1) is 26.1. The van der Waals surface area contributed by atoms with E-state index in [9.17, 15) is 23.1 Å². The number of carboxylic acid groups (broad SMARTS) is 1. The van der Waals surface area contributed by atoms with Gasteiger partial charge in [-0.1, -0.05) is 18.2 Å². The number of aromatic nitrogens is 3. The number of ether oxygens (including phenoxy) is 2. The Labute approximate surface area is 236 Å². The summed E-state index contributed by atoms with van der Waals surface area (Å²) < 4.78 is 70.6. The number of hydrogen-bond donors (Lipinski definition) is 3. The number of aromatic amines is 2. The second kappa shape index (κ2) is 9.37. The van der Waals surface area contributed by atoms with E-state index in [0.717, 1.165) is 17.2 Å². The van der Waals surface area contributed by atoms with E-state index in [4.69, 9.17) is 9.47 Å². The Morgan fingerprint density at radius 3 is 2.74 bits per heavy atom. The van der Waals surface area contributed by atoms with Crippen LogP contribution in [-0.4, -0.2) is 32.6 Å². The summed E-state index contributed by atoms with van der Waals surface area (Å²) in [5.41, 5.74) is 1.44. The summed E-state index contributed by atoms with van der Waals surface area (Å²) in [5, 5.41) is 9.24. The monoisotopic (exact) mass is 577 g/mol. The van der Waals surface area contributed by atoms with Crippen molar-refractivity contribution in [2.75, 3.05) is 6.61 Å². The molecule has 0 bridgehead atoms. The minimum atomic E-state index is -1.51. The summed E-state index contributed by atoms with van der Waals surface area (Å²) in [6.45, 7) is 2.39. The van der Waals surface area contributed by atoms with Crippen molar-refractivity contribution in [3.63, 3.8) is 0 Å². The Hall–Kier alpha value is -4.80.